The summed E-state index contributed by atoms with van der Waals surface area (Å²) in [6, 6.07) is 13.1. The van der Waals surface area contributed by atoms with Crippen LogP contribution in [0, 0.1) is 6.92 Å². The van der Waals surface area contributed by atoms with E-state index in [1.807, 2.05) is 30.3 Å². The number of aliphatic imine (C=N–C) groups is 1. The van der Waals surface area contributed by atoms with Crippen LogP contribution < -0.4 is 10.1 Å². The van der Waals surface area contributed by atoms with Crippen LogP contribution in [0.4, 0.5) is 5.69 Å². The Bertz CT molecular complexity index is 1150. The molecule has 0 aliphatic carbocycles. The summed E-state index contributed by atoms with van der Waals surface area (Å²) < 4.78 is 11.9. The second kappa shape index (κ2) is 10.9. The highest BCUT2D eigenvalue weighted by molar-refractivity contribution is 7.17. The van der Waals surface area contributed by atoms with Crippen molar-refractivity contribution in [3.8, 4) is 5.75 Å². The van der Waals surface area contributed by atoms with Crippen LogP contribution in [0.1, 0.15) is 57.8 Å². The first-order chi connectivity index (χ1) is 15.4. The zero-order valence-electron chi connectivity index (χ0n) is 19.3. The summed E-state index contributed by atoms with van der Waals surface area (Å²) in [7, 11) is -2.57. The Labute approximate surface area is 195 Å². The predicted octanol–water partition coefficient (Wildman–Crippen LogP) is 7.30. The number of rotatable bonds is 10. The molecule has 0 atom stereocenters. The molecule has 0 saturated carbocycles. The zero-order chi connectivity index (χ0) is 23.1. The third kappa shape index (κ3) is 5.87. The fourth-order valence-corrected chi connectivity index (χ4v) is 7.53. The van der Waals surface area contributed by atoms with Crippen molar-refractivity contribution in [2.45, 2.75) is 65.5 Å². The number of hydrogen-bond acceptors (Lipinski definition) is 5. The van der Waals surface area contributed by atoms with Gasteiger partial charge in [-0.05, 0) is 38.1 Å². The molecule has 2 heterocycles. The fourth-order valence-electron chi connectivity index (χ4n) is 3.71. The summed E-state index contributed by atoms with van der Waals surface area (Å²) in [6.45, 7) is 7.83. The Balaban J connectivity index is 2.06. The average molecular weight is 471 g/mol. The molecule has 1 aromatic carbocycles. The van der Waals surface area contributed by atoms with Gasteiger partial charge in [0.15, 0.2) is 0 Å². The van der Waals surface area contributed by atoms with Crippen molar-refractivity contribution in [1.82, 2.24) is 4.98 Å². The first kappa shape index (κ1) is 24.2. The van der Waals surface area contributed by atoms with Crippen molar-refractivity contribution in [1.29, 1.82) is 0 Å². The summed E-state index contributed by atoms with van der Waals surface area (Å²) in [6.07, 6.45) is 5.84. The van der Waals surface area contributed by atoms with Crippen molar-refractivity contribution in [2.24, 2.45) is 4.99 Å². The summed E-state index contributed by atoms with van der Waals surface area (Å²) in [5.41, 5.74) is 1.85. The molecule has 2 aromatic heterocycles. The number of aromatic nitrogens is 1. The average Bonchev–Trinajstić information content (AvgIpc) is 2.76. The maximum Gasteiger partial charge on any atom is 0.348 e. The number of aryl methyl sites for hydroxylation is 1. The van der Waals surface area contributed by atoms with Crippen LogP contribution in [-0.4, -0.2) is 18.3 Å². The SMILES string of the molecule is CCCC[Si](Cl)(CCCC)Oc1cc(C)oc(=O)c1C(C)=Nc1cccc2cccnc12. The highest BCUT2D eigenvalue weighted by Gasteiger charge is 2.35. The molecular formula is C25H31ClN2O3Si. The van der Waals surface area contributed by atoms with Gasteiger partial charge in [0.05, 0.1) is 16.9 Å². The third-order valence-electron chi connectivity index (χ3n) is 5.40. The molecule has 0 N–H and O–H groups in total. The number of para-hydroxylation sites is 1. The molecule has 7 heteroatoms. The highest BCUT2D eigenvalue weighted by Crippen LogP contribution is 2.32. The lowest BCUT2D eigenvalue weighted by Crippen LogP contribution is -2.36. The number of benzene rings is 1. The number of unbranched alkanes of at least 4 members (excludes halogenated alkanes) is 2. The van der Waals surface area contributed by atoms with Crippen LogP contribution in [0.25, 0.3) is 10.9 Å². The molecule has 0 amide bonds. The topological polar surface area (TPSA) is 64.7 Å². The molecule has 5 nitrogen and oxygen atoms in total. The van der Waals surface area contributed by atoms with Crippen molar-refractivity contribution in [3.05, 3.63) is 64.3 Å². The van der Waals surface area contributed by atoms with Gasteiger partial charge in [-0.3, -0.25) is 9.98 Å². The second-order valence-electron chi connectivity index (χ2n) is 8.13. The van der Waals surface area contributed by atoms with E-state index in [0.29, 0.717) is 28.5 Å². The maximum absolute atomic E-state index is 12.9. The van der Waals surface area contributed by atoms with E-state index >= 15 is 0 Å². The van der Waals surface area contributed by atoms with Crippen molar-refractivity contribution in [2.75, 3.05) is 0 Å². The van der Waals surface area contributed by atoms with Gasteiger partial charge in [0.1, 0.15) is 17.1 Å². The van der Waals surface area contributed by atoms with Gasteiger partial charge >= 0.3 is 13.3 Å². The molecule has 0 bridgehead atoms. The van der Waals surface area contributed by atoms with Gasteiger partial charge in [0.25, 0.3) is 0 Å². The van der Waals surface area contributed by atoms with Gasteiger partial charge in [0.2, 0.25) is 0 Å². The van der Waals surface area contributed by atoms with Gasteiger partial charge in [-0.2, -0.15) is 0 Å². The molecule has 3 rings (SSSR count). The number of nitrogens with zero attached hydrogens (tertiary/aromatic N) is 2. The number of halogens is 1. The highest BCUT2D eigenvalue weighted by atomic mass is 35.6. The Morgan fingerprint density at radius 2 is 1.84 bits per heavy atom. The summed E-state index contributed by atoms with van der Waals surface area (Å²) >= 11 is 7.09. The van der Waals surface area contributed by atoms with Crippen molar-refractivity contribution < 1.29 is 8.84 Å². The lowest BCUT2D eigenvalue weighted by Gasteiger charge is -2.26. The zero-order valence-corrected chi connectivity index (χ0v) is 21.0. The molecule has 3 aromatic rings. The molecule has 0 aliphatic rings. The normalized spacial score (nSPS) is 12.3. The molecule has 0 radical (unpaired) electrons. The molecule has 170 valence electrons. The number of fused-ring (bicyclic) bond motifs is 1. The van der Waals surface area contributed by atoms with Gasteiger partial charge in [-0.1, -0.05) is 57.7 Å². The van der Waals surface area contributed by atoms with Crippen LogP contribution in [-0.2, 0) is 0 Å². The van der Waals surface area contributed by atoms with Gasteiger partial charge in [-0.25, -0.2) is 4.79 Å². The van der Waals surface area contributed by atoms with Crippen LogP contribution in [0.3, 0.4) is 0 Å². The Morgan fingerprint density at radius 3 is 2.53 bits per heavy atom. The number of pyridine rings is 1. The first-order valence-electron chi connectivity index (χ1n) is 11.3. The molecule has 0 saturated heterocycles. The standard InChI is InChI=1S/C25H31ClN2O3Si/c1-5-7-15-32(26,16-8-6-2)31-22-17-18(3)30-25(29)23(22)19(4)28-21-13-9-11-20-12-10-14-27-24(20)21/h9-14,17H,5-8,15-16H2,1-4H3. The Kier molecular flexibility index (Phi) is 8.26. The number of hydrogen-bond donors (Lipinski definition) is 0. The summed E-state index contributed by atoms with van der Waals surface area (Å²) in [4.78, 5) is 22.1. The van der Waals surface area contributed by atoms with Gasteiger partial charge < -0.3 is 8.84 Å². The van der Waals surface area contributed by atoms with Crippen molar-refractivity contribution >= 4 is 41.0 Å². The van der Waals surface area contributed by atoms with E-state index in [9.17, 15) is 4.79 Å². The minimum Gasteiger partial charge on any atom is -0.528 e. The summed E-state index contributed by atoms with van der Waals surface area (Å²) in [5, 5.41) is 0.986. The fraction of sp³-hybridized carbons (Fsp3) is 0.400. The maximum atomic E-state index is 12.9. The molecule has 0 unspecified atom stereocenters. The minimum atomic E-state index is -2.57. The van der Waals surface area contributed by atoms with E-state index < -0.39 is 13.3 Å². The third-order valence-corrected chi connectivity index (χ3v) is 9.55. The van der Waals surface area contributed by atoms with Crippen LogP contribution >= 0.6 is 11.1 Å². The molecule has 0 aliphatic heterocycles. The van der Waals surface area contributed by atoms with E-state index in [1.54, 1.807) is 26.1 Å². The summed E-state index contributed by atoms with van der Waals surface area (Å²) in [5.74, 6) is 0.967. The molecular weight excluding hydrogens is 440 g/mol. The van der Waals surface area contributed by atoms with Crippen LogP contribution in [0.5, 0.6) is 5.75 Å². The first-order valence-corrected chi connectivity index (χ1v) is 14.6. The van der Waals surface area contributed by atoms with E-state index in [2.05, 4.69) is 18.8 Å². The van der Waals surface area contributed by atoms with Crippen LogP contribution in [0.2, 0.25) is 12.1 Å². The predicted molar refractivity (Wildman–Crippen MR) is 135 cm³/mol. The quantitative estimate of drug-likeness (QED) is 0.177. The van der Waals surface area contributed by atoms with E-state index in [4.69, 9.17) is 24.9 Å². The molecule has 0 fully saturated rings. The minimum absolute atomic E-state index is 0.328. The van der Waals surface area contributed by atoms with E-state index in [1.165, 1.54) is 0 Å². The van der Waals surface area contributed by atoms with Gasteiger partial charge in [0, 0.05) is 17.6 Å². The van der Waals surface area contributed by atoms with E-state index in [0.717, 1.165) is 48.7 Å². The Hall–Kier alpha value is -2.44. The van der Waals surface area contributed by atoms with E-state index in [-0.39, 0.29) is 0 Å². The van der Waals surface area contributed by atoms with Gasteiger partial charge in [-0.15, -0.1) is 11.1 Å². The van der Waals surface area contributed by atoms with Crippen LogP contribution in [0.15, 0.2) is 56.8 Å². The smallest absolute Gasteiger partial charge is 0.348 e. The lowest BCUT2D eigenvalue weighted by atomic mass is 10.1. The lowest BCUT2D eigenvalue weighted by molar-refractivity contribution is 0.459. The largest absolute Gasteiger partial charge is 0.528 e. The molecule has 0 spiro atoms. The Morgan fingerprint density at radius 1 is 1.16 bits per heavy atom. The monoisotopic (exact) mass is 470 g/mol. The molecule has 32 heavy (non-hydrogen) atoms. The second-order valence-corrected chi connectivity index (χ2v) is 13.2. The van der Waals surface area contributed by atoms with Crippen molar-refractivity contribution in [3.63, 3.8) is 0 Å².